The predicted molar refractivity (Wildman–Crippen MR) is 89.5 cm³/mol. The lowest BCUT2D eigenvalue weighted by molar-refractivity contribution is 0.446. The number of aryl methyl sites for hydroxylation is 1. The molecule has 2 aromatic rings. The molecular formula is C18H25NS. The summed E-state index contributed by atoms with van der Waals surface area (Å²) in [5.74, 6) is 0.665. The normalized spacial score (nSPS) is 12.8. The summed E-state index contributed by atoms with van der Waals surface area (Å²) < 4.78 is 0. The highest BCUT2D eigenvalue weighted by Crippen LogP contribution is 2.18. The molecule has 0 aliphatic carbocycles. The monoisotopic (exact) mass is 287 g/mol. The molecule has 1 heterocycles. The fourth-order valence-electron chi connectivity index (χ4n) is 2.50. The number of thiophene rings is 1. The minimum absolute atomic E-state index is 0.554. The van der Waals surface area contributed by atoms with E-state index in [1.807, 2.05) is 11.3 Å². The van der Waals surface area contributed by atoms with Gasteiger partial charge in [0.25, 0.3) is 0 Å². The third-order valence-electron chi connectivity index (χ3n) is 3.49. The minimum atomic E-state index is 0.554. The molecule has 2 heteroatoms. The summed E-state index contributed by atoms with van der Waals surface area (Å²) in [4.78, 5) is 1.49. The van der Waals surface area contributed by atoms with Crippen LogP contribution in [-0.4, -0.2) is 12.6 Å². The highest BCUT2D eigenvalue weighted by atomic mass is 32.1. The third kappa shape index (κ3) is 5.10. The zero-order valence-corrected chi connectivity index (χ0v) is 13.5. The number of benzene rings is 1. The molecule has 1 nitrogen and oxygen atoms in total. The van der Waals surface area contributed by atoms with Crippen LogP contribution < -0.4 is 5.32 Å². The molecule has 0 fully saturated rings. The molecule has 0 amide bonds. The highest BCUT2D eigenvalue weighted by molar-refractivity contribution is 7.09. The van der Waals surface area contributed by atoms with Crippen LogP contribution in [0.1, 0.15) is 29.9 Å². The predicted octanol–water partition coefficient (Wildman–Crippen LogP) is 4.46. The van der Waals surface area contributed by atoms with Crippen molar-refractivity contribution in [2.75, 3.05) is 6.54 Å². The van der Waals surface area contributed by atoms with E-state index >= 15 is 0 Å². The van der Waals surface area contributed by atoms with Crippen molar-refractivity contribution in [2.24, 2.45) is 5.92 Å². The van der Waals surface area contributed by atoms with Crippen molar-refractivity contribution in [3.05, 3.63) is 57.8 Å². The van der Waals surface area contributed by atoms with E-state index < -0.39 is 0 Å². The van der Waals surface area contributed by atoms with Crippen molar-refractivity contribution in [3.63, 3.8) is 0 Å². The second-order valence-electron chi connectivity index (χ2n) is 5.91. The Kier molecular flexibility index (Phi) is 5.81. The largest absolute Gasteiger partial charge is 0.314 e. The first kappa shape index (κ1) is 15.3. The highest BCUT2D eigenvalue weighted by Gasteiger charge is 2.12. The Morgan fingerprint density at radius 1 is 1.10 bits per heavy atom. The van der Waals surface area contributed by atoms with E-state index in [4.69, 9.17) is 0 Å². The summed E-state index contributed by atoms with van der Waals surface area (Å²) in [5, 5.41) is 5.77. The quantitative estimate of drug-likeness (QED) is 0.793. The zero-order chi connectivity index (χ0) is 14.4. The van der Waals surface area contributed by atoms with Gasteiger partial charge in [-0.15, -0.1) is 11.3 Å². The van der Waals surface area contributed by atoms with Crippen LogP contribution in [0.25, 0.3) is 0 Å². The Morgan fingerprint density at radius 3 is 2.60 bits per heavy atom. The fraction of sp³-hybridized carbons (Fsp3) is 0.444. The third-order valence-corrected chi connectivity index (χ3v) is 4.39. The molecule has 2 rings (SSSR count). The van der Waals surface area contributed by atoms with Gasteiger partial charge in [0.2, 0.25) is 0 Å². The maximum Gasteiger partial charge on any atom is 0.00485 e. The second kappa shape index (κ2) is 7.61. The first-order chi connectivity index (χ1) is 9.63. The summed E-state index contributed by atoms with van der Waals surface area (Å²) in [5.41, 5.74) is 2.81. The van der Waals surface area contributed by atoms with Crippen molar-refractivity contribution < 1.29 is 0 Å². The molecule has 0 aliphatic heterocycles. The van der Waals surface area contributed by atoms with Gasteiger partial charge in [-0.25, -0.2) is 0 Å². The lowest BCUT2D eigenvalue weighted by atomic mass is 9.94. The SMILES string of the molecule is Cc1cccc(CC(CNC(C)C)Cc2cccs2)c1. The van der Waals surface area contributed by atoms with Crippen molar-refractivity contribution in [3.8, 4) is 0 Å². The number of nitrogens with one attached hydrogen (secondary N) is 1. The molecule has 1 atom stereocenters. The van der Waals surface area contributed by atoms with Crippen LogP contribution in [0.15, 0.2) is 41.8 Å². The Morgan fingerprint density at radius 2 is 1.95 bits per heavy atom. The van der Waals surface area contributed by atoms with Gasteiger partial charge < -0.3 is 5.32 Å². The van der Waals surface area contributed by atoms with Crippen molar-refractivity contribution in [1.29, 1.82) is 0 Å². The number of rotatable bonds is 7. The van der Waals surface area contributed by atoms with E-state index in [2.05, 4.69) is 67.9 Å². The average molecular weight is 287 g/mol. The van der Waals surface area contributed by atoms with Crippen molar-refractivity contribution in [2.45, 2.75) is 39.7 Å². The first-order valence-corrected chi connectivity index (χ1v) is 8.32. The van der Waals surface area contributed by atoms with Crippen molar-refractivity contribution >= 4 is 11.3 Å². The van der Waals surface area contributed by atoms with Gasteiger partial charge in [-0.2, -0.15) is 0 Å². The summed E-state index contributed by atoms with van der Waals surface area (Å²) in [7, 11) is 0. The Balaban J connectivity index is 2.01. The molecule has 0 spiro atoms. The van der Waals surface area contributed by atoms with Gasteiger partial charge in [-0.3, -0.25) is 0 Å². The molecular weight excluding hydrogens is 262 g/mol. The molecule has 1 aromatic carbocycles. The van der Waals surface area contributed by atoms with Gasteiger partial charge in [0.1, 0.15) is 0 Å². The average Bonchev–Trinajstić information content (AvgIpc) is 2.89. The standard InChI is InChI=1S/C18H25NS/c1-14(2)19-13-17(12-18-8-5-9-20-18)11-16-7-4-6-15(3)10-16/h4-10,14,17,19H,11-13H2,1-3H3. The number of hydrogen-bond donors (Lipinski definition) is 1. The first-order valence-electron chi connectivity index (χ1n) is 7.45. The van der Waals surface area contributed by atoms with E-state index in [0.29, 0.717) is 12.0 Å². The molecule has 1 unspecified atom stereocenters. The lowest BCUT2D eigenvalue weighted by Crippen LogP contribution is -2.30. The van der Waals surface area contributed by atoms with Crippen LogP contribution in [0.3, 0.4) is 0 Å². The Labute approximate surface area is 127 Å². The molecule has 0 saturated carbocycles. The summed E-state index contributed by atoms with van der Waals surface area (Å²) in [6.07, 6.45) is 2.32. The van der Waals surface area contributed by atoms with Gasteiger partial charge in [0.05, 0.1) is 0 Å². The van der Waals surface area contributed by atoms with Crippen LogP contribution >= 0.6 is 11.3 Å². The molecule has 1 aromatic heterocycles. The van der Waals surface area contributed by atoms with Crippen LogP contribution in [0.5, 0.6) is 0 Å². The minimum Gasteiger partial charge on any atom is -0.314 e. The molecule has 0 bridgehead atoms. The molecule has 0 radical (unpaired) electrons. The summed E-state index contributed by atoms with van der Waals surface area (Å²) in [6, 6.07) is 13.9. The van der Waals surface area contributed by atoms with Gasteiger partial charge in [-0.1, -0.05) is 49.7 Å². The van der Waals surface area contributed by atoms with Crippen molar-refractivity contribution in [1.82, 2.24) is 5.32 Å². The number of hydrogen-bond acceptors (Lipinski definition) is 2. The van der Waals surface area contributed by atoms with E-state index in [9.17, 15) is 0 Å². The van der Waals surface area contributed by atoms with Gasteiger partial charge in [0, 0.05) is 10.9 Å². The van der Waals surface area contributed by atoms with E-state index in [1.54, 1.807) is 0 Å². The van der Waals surface area contributed by atoms with E-state index in [-0.39, 0.29) is 0 Å². The van der Waals surface area contributed by atoms with Crippen LogP contribution in [0.4, 0.5) is 0 Å². The second-order valence-corrected chi connectivity index (χ2v) is 6.94. The van der Waals surface area contributed by atoms with Crippen LogP contribution in [-0.2, 0) is 12.8 Å². The summed E-state index contributed by atoms with van der Waals surface area (Å²) in [6.45, 7) is 7.69. The van der Waals surface area contributed by atoms with Gasteiger partial charge >= 0.3 is 0 Å². The maximum atomic E-state index is 3.60. The molecule has 0 aliphatic rings. The molecule has 1 N–H and O–H groups in total. The van der Waals surface area contributed by atoms with Gasteiger partial charge in [0.15, 0.2) is 0 Å². The van der Waals surface area contributed by atoms with E-state index in [0.717, 1.165) is 13.0 Å². The molecule has 108 valence electrons. The maximum absolute atomic E-state index is 3.60. The Bertz CT molecular complexity index is 502. The van der Waals surface area contributed by atoms with Crippen LogP contribution in [0, 0.1) is 12.8 Å². The molecule has 0 saturated heterocycles. The van der Waals surface area contributed by atoms with Gasteiger partial charge in [-0.05, 0) is 49.2 Å². The fourth-order valence-corrected chi connectivity index (χ4v) is 3.33. The Hall–Kier alpha value is -1.12. The van der Waals surface area contributed by atoms with E-state index in [1.165, 1.54) is 22.4 Å². The summed E-state index contributed by atoms with van der Waals surface area (Å²) >= 11 is 1.87. The molecule has 20 heavy (non-hydrogen) atoms. The lowest BCUT2D eigenvalue weighted by Gasteiger charge is -2.19. The zero-order valence-electron chi connectivity index (χ0n) is 12.7. The van der Waals surface area contributed by atoms with Crippen LogP contribution in [0.2, 0.25) is 0 Å². The smallest absolute Gasteiger partial charge is 0.00485 e. The topological polar surface area (TPSA) is 12.0 Å².